The van der Waals surface area contributed by atoms with Gasteiger partial charge in [-0.25, -0.2) is 0 Å². The van der Waals surface area contributed by atoms with Gasteiger partial charge in [0.1, 0.15) is 13.2 Å². The Bertz CT molecular complexity index is 381. The molecule has 0 fully saturated rings. The van der Waals surface area contributed by atoms with Crippen molar-refractivity contribution in [3.05, 3.63) is 23.8 Å². The Morgan fingerprint density at radius 2 is 2.06 bits per heavy atom. The Balaban J connectivity index is 2.05. The Hall–Kier alpha value is -1.26. The smallest absolute Gasteiger partial charge is 0.161 e. The van der Waals surface area contributed by atoms with Crippen LogP contribution in [0, 0.1) is 0 Å². The van der Waals surface area contributed by atoms with Crippen molar-refractivity contribution < 1.29 is 14.6 Å². The quantitative estimate of drug-likeness (QED) is 0.758. The predicted octanol–water partition coefficient (Wildman–Crippen LogP) is 1.88. The number of hydrogen-bond donors (Lipinski definition) is 2. The van der Waals surface area contributed by atoms with Crippen LogP contribution in [0.25, 0.3) is 0 Å². The molecule has 1 heterocycles. The first kappa shape index (κ1) is 13.2. The van der Waals surface area contributed by atoms with E-state index in [1.54, 1.807) is 0 Å². The minimum Gasteiger partial charge on any atom is -0.486 e. The summed E-state index contributed by atoms with van der Waals surface area (Å²) >= 11 is 0. The van der Waals surface area contributed by atoms with Crippen LogP contribution in [0.1, 0.15) is 31.4 Å². The summed E-state index contributed by atoms with van der Waals surface area (Å²) in [5.41, 5.74) is 1.21. The summed E-state index contributed by atoms with van der Waals surface area (Å²) < 4.78 is 11.1. The summed E-state index contributed by atoms with van der Waals surface area (Å²) in [6.45, 7) is 4.44. The van der Waals surface area contributed by atoms with Gasteiger partial charge in [-0.2, -0.15) is 0 Å². The van der Waals surface area contributed by atoms with E-state index in [0.29, 0.717) is 19.3 Å². The Kier molecular flexibility index (Phi) is 4.84. The molecule has 0 aliphatic carbocycles. The van der Waals surface area contributed by atoms with E-state index < -0.39 is 0 Å². The normalized spacial score (nSPS) is 15.4. The van der Waals surface area contributed by atoms with Crippen molar-refractivity contribution in [2.45, 2.75) is 25.8 Å². The lowest BCUT2D eigenvalue weighted by Crippen LogP contribution is -2.23. The van der Waals surface area contributed by atoms with Gasteiger partial charge in [0.2, 0.25) is 0 Å². The van der Waals surface area contributed by atoms with Crippen molar-refractivity contribution in [2.75, 3.05) is 26.4 Å². The van der Waals surface area contributed by atoms with Crippen LogP contribution in [0.4, 0.5) is 0 Å². The number of hydrogen-bond acceptors (Lipinski definition) is 4. The molecule has 0 saturated heterocycles. The largest absolute Gasteiger partial charge is 0.486 e. The van der Waals surface area contributed by atoms with E-state index >= 15 is 0 Å². The summed E-state index contributed by atoms with van der Waals surface area (Å²) in [6.07, 6.45) is 1.78. The van der Waals surface area contributed by atoms with Crippen LogP contribution in [-0.2, 0) is 0 Å². The lowest BCUT2D eigenvalue weighted by molar-refractivity contribution is 0.171. The summed E-state index contributed by atoms with van der Waals surface area (Å²) in [5.74, 6) is 1.66. The third-order valence-electron chi connectivity index (χ3n) is 3.10. The van der Waals surface area contributed by atoms with Gasteiger partial charge in [0.15, 0.2) is 11.5 Å². The number of aliphatic hydroxyl groups is 1. The Labute approximate surface area is 108 Å². The maximum atomic E-state index is 8.80. The maximum absolute atomic E-state index is 8.80. The fourth-order valence-electron chi connectivity index (χ4n) is 2.13. The van der Waals surface area contributed by atoms with Gasteiger partial charge in [0.05, 0.1) is 0 Å². The zero-order valence-electron chi connectivity index (χ0n) is 10.8. The molecule has 1 aliphatic heterocycles. The van der Waals surface area contributed by atoms with E-state index in [4.69, 9.17) is 14.6 Å². The van der Waals surface area contributed by atoms with Crippen LogP contribution in [0.5, 0.6) is 11.5 Å². The highest BCUT2D eigenvalue weighted by Crippen LogP contribution is 2.33. The molecule has 1 aromatic carbocycles. The molecule has 0 spiro atoms. The second kappa shape index (κ2) is 6.61. The van der Waals surface area contributed by atoms with Gasteiger partial charge in [-0.05, 0) is 37.1 Å². The van der Waals surface area contributed by atoms with Crippen molar-refractivity contribution >= 4 is 0 Å². The third kappa shape index (κ3) is 3.15. The molecule has 0 radical (unpaired) electrons. The van der Waals surface area contributed by atoms with E-state index in [9.17, 15) is 0 Å². The van der Waals surface area contributed by atoms with E-state index in [2.05, 4.69) is 24.4 Å². The number of rotatable bonds is 6. The fraction of sp³-hybridized carbons (Fsp3) is 0.571. The second-order valence-corrected chi connectivity index (χ2v) is 4.40. The summed E-state index contributed by atoms with van der Waals surface area (Å²) in [7, 11) is 0. The van der Waals surface area contributed by atoms with E-state index in [1.165, 1.54) is 5.56 Å². The van der Waals surface area contributed by atoms with Gasteiger partial charge in [0, 0.05) is 12.6 Å². The minimum absolute atomic E-state index is 0.227. The van der Waals surface area contributed by atoms with Crippen molar-refractivity contribution in [3.8, 4) is 11.5 Å². The molecule has 18 heavy (non-hydrogen) atoms. The van der Waals surface area contributed by atoms with Crippen LogP contribution in [0.2, 0.25) is 0 Å². The monoisotopic (exact) mass is 251 g/mol. The second-order valence-electron chi connectivity index (χ2n) is 4.40. The van der Waals surface area contributed by atoms with Gasteiger partial charge in [-0.3, -0.25) is 0 Å². The summed E-state index contributed by atoms with van der Waals surface area (Å²) in [4.78, 5) is 0. The molecule has 0 aromatic heterocycles. The van der Waals surface area contributed by atoms with Crippen LogP contribution in [0.15, 0.2) is 18.2 Å². The van der Waals surface area contributed by atoms with Gasteiger partial charge >= 0.3 is 0 Å². The highest BCUT2D eigenvalue weighted by atomic mass is 16.6. The predicted molar refractivity (Wildman–Crippen MR) is 70.2 cm³/mol. The van der Waals surface area contributed by atoms with Crippen molar-refractivity contribution in [1.29, 1.82) is 0 Å². The molecule has 1 unspecified atom stereocenters. The van der Waals surface area contributed by atoms with Gasteiger partial charge in [-0.15, -0.1) is 0 Å². The Morgan fingerprint density at radius 3 is 2.78 bits per heavy atom. The average molecular weight is 251 g/mol. The van der Waals surface area contributed by atoms with Crippen molar-refractivity contribution in [3.63, 3.8) is 0 Å². The van der Waals surface area contributed by atoms with Crippen LogP contribution >= 0.6 is 0 Å². The molecule has 1 aromatic rings. The highest BCUT2D eigenvalue weighted by molar-refractivity contribution is 5.44. The lowest BCUT2D eigenvalue weighted by atomic mass is 10.0. The third-order valence-corrected chi connectivity index (χ3v) is 3.10. The summed E-state index contributed by atoms with van der Waals surface area (Å²) in [5, 5.41) is 12.2. The molecule has 0 amide bonds. The van der Waals surface area contributed by atoms with Crippen molar-refractivity contribution in [2.24, 2.45) is 0 Å². The average Bonchev–Trinajstić information content (AvgIpc) is 2.43. The molecule has 100 valence electrons. The molecule has 2 rings (SSSR count). The van der Waals surface area contributed by atoms with Gasteiger partial charge < -0.3 is 19.9 Å². The first-order valence-electron chi connectivity index (χ1n) is 6.59. The van der Waals surface area contributed by atoms with Gasteiger partial charge in [0.25, 0.3) is 0 Å². The zero-order valence-corrected chi connectivity index (χ0v) is 10.8. The van der Waals surface area contributed by atoms with Crippen molar-refractivity contribution in [1.82, 2.24) is 5.32 Å². The SMILES string of the molecule is CCC(NCCCO)c1ccc2c(c1)OCCO2. The summed E-state index contributed by atoms with van der Waals surface area (Å²) in [6, 6.07) is 6.40. The first-order chi connectivity index (χ1) is 8.85. The number of nitrogens with one attached hydrogen (secondary N) is 1. The van der Waals surface area contributed by atoms with Crippen LogP contribution < -0.4 is 14.8 Å². The lowest BCUT2D eigenvalue weighted by Gasteiger charge is -2.22. The molecule has 0 saturated carbocycles. The van der Waals surface area contributed by atoms with E-state index in [0.717, 1.165) is 30.9 Å². The zero-order chi connectivity index (χ0) is 12.8. The van der Waals surface area contributed by atoms with Crippen LogP contribution in [0.3, 0.4) is 0 Å². The van der Waals surface area contributed by atoms with Gasteiger partial charge in [-0.1, -0.05) is 13.0 Å². The first-order valence-corrected chi connectivity index (χ1v) is 6.59. The molecule has 1 atom stereocenters. The fourth-order valence-corrected chi connectivity index (χ4v) is 2.13. The Morgan fingerprint density at radius 1 is 1.28 bits per heavy atom. The molecule has 4 nitrogen and oxygen atoms in total. The maximum Gasteiger partial charge on any atom is 0.161 e. The van der Waals surface area contributed by atoms with E-state index in [1.807, 2.05) is 6.07 Å². The molecular formula is C14H21NO3. The number of aliphatic hydroxyl groups excluding tert-OH is 1. The number of fused-ring (bicyclic) bond motifs is 1. The highest BCUT2D eigenvalue weighted by Gasteiger charge is 2.15. The number of benzene rings is 1. The molecule has 0 bridgehead atoms. The van der Waals surface area contributed by atoms with E-state index in [-0.39, 0.29) is 6.61 Å². The molecule has 1 aliphatic rings. The standard InChI is InChI=1S/C14H21NO3/c1-2-12(15-6-3-7-16)11-4-5-13-14(10-11)18-9-8-17-13/h4-5,10,12,15-16H,2-3,6-9H2,1H3. The molecule has 4 heteroatoms. The minimum atomic E-state index is 0.227. The number of ether oxygens (including phenoxy) is 2. The molecule has 2 N–H and O–H groups in total. The van der Waals surface area contributed by atoms with Crippen LogP contribution in [-0.4, -0.2) is 31.5 Å². The topological polar surface area (TPSA) is 50.7 Å². The molecular weight excluding hydrogens is 230 g/mol.